The number of hydrogen-bond acceptors (Lipinski definition) is 3. The monoisotopic (exact) mass is 222 g/mol. The van der Waals surface area contributed by atoms with Gasteiger partial charge in [-0.05, 0) is 64.5 Å². The van der Waals surface area contributed by atoms with Gasteiger partial charge in [-0.1, -0.05) is 0 Å². The van der Waals surface area contributed by atoms with Crippen LogP contribution in [-0.4, -0.2) is 31.6 Å². The zero-order chi connectivity index (χ0) is 11.4. The quantitative estimate of drug-likeness (QED) is 0.847. The molecule has 0 aliphatic carbocycles. The van der Waals surface area contributed by atoms with E-state index in [9.17, 15) is 0 Å². The third-order valence-corrected chi connectivity index (χ3v) is 3.52. The highest BCUT2D eigenvalue weighted by Gasteiger charge is 2.17. The molecule has 2 rings (SSSR count). The van der Waals surface area contributed by atoms with Crippen LogP contribution in [0, 0.1) is 5.92 Å². The van der Waals surface area contributed by atoms with Crippen LogP contribution in [0.1, 0.15) is 31.6 Å². The van der Waals surface area contributed by atoms with Gasteiger partial charge >= 0.3 is 0 Å². The molecule has 3 nitrogen and oxygen atoms in total. The van der Waals surface area contributed by atoms with Gasteiger partial charge in [-0.2, -0.15) is 0 Å². The zero-order valence-electron chi connectivity index (χ0n) is 10.3. The van der Waals surface area contributed by atoms with E-state index in [0.717, 1.165) is 18.2 Å². The van der Waals surface area contributed by atoms with E-state index in [-0.39, 0.29) is 0 Å². The molecule has 1 aliphatic heterocycles. The number of nitrogens with zero attached hydrogens (tertiary/aromatic N) is 1. The molecule has 1 saturated heterocycles. The van der Waals surface area contributed by atoms with E-state index in [0.29, 0.717) is 6.04 Å². The Hall–Kier alpha value is -0.800. The van der Waals surface area contributed by atoms with Gasteiger partial charge < -0.3 is 14.6 Å². The van der Waals surface area contributed by atoms with Gasteiger partial charge in [0.15, 0.2) is 0 Å². The molecule has 90 valence electrons. The molecule has 1 aromatic rings. The molecule has 1 N–H and O–H groups in total. The number of rotatable bonds is 4. The normalized spacial score (nSPS) is 21.1. The van der Waals surface area contributed by atoms with Crippen LogP contribution in [0.5, 0.6) is 0 Å². The second-order valence-electron chi connectivity index (χ2n) is 4.89. The van der Waals surface area contributed by atoms with Crippen molar-refractivity contribution in [2.45, 2.75) is 25.8 Å². The van der Waals surface area contributed by atoms with E-state index in [2.05, 4.69) is 24.2 Å². The van der Waals surface area contributed by atoms with Crippen molar-refractivity contribution in [2.24, 2.45) is 5.92 Å². The summed E-state index contributed by atoms with van der Waals surface area (Å²) >= 11 is 0. The largest absolute Gasteiger partial charge is 0.468 e. The first kappa shape index (κ1) is 11.7. The summed E-state index contributed by atoms with van der Waals surface area (Å²) in [5.41, 5.74) is 0. The molecule has 0 amide bonds. The molecule has 0 spiro atoms. The van der Waals surface area contributed by atoms with Crippen molar-refractivity contribution >= 4 is 0 Å². The Morgan fingerprint density at radius 3 is 2.88 bits per heavy atom. The Morgan fingerprint density at radius 2 is 2.25 bits per heavy atom. The molecule has 16 heavy (non-hydrogen) atoms. The Balaban J connectivity index is 1.71. The lowest BCUT2D eigenvalue weighted by atomic mass is 9.97. The van der Waals surface area contributed by atoms with Crippen molar-refractivity contribution in [2.75, 3.05) is 26.7 Å². The molecular formula is C13H22N2O. The van der Waals surface area contributed by atoms with Gasteiger partial charge in [-0.3, -0.25) is 0 Å². The summed E-state index contributed by atoms with van der Waals surface area (Å²) in [5.74, 6) is 1.86. The number of likely N-dealkylation sites (tertiary alicyclic amines) is 1. The summed E-state index contributed by atoms with van der Waals surface area (Å²) in [6, 6.07) is 4.31. The number of piperidine rings is 1. The highest BCUT2D eigenvalue weighted by molar-refractivity contribution is 5.02. The van der Waals surface area contributed by atoms with Crippen molar-refractivity contribution in [3.63, 3.8) is 0 Å². The average molecular weight is 222 g/mol. The van der Waals surface area contributed by atoms with Crippen LogP contribution < -0.4 is 5.32 Å². The first-order valence-corrected chi connectivity index (χ1v) is 6.21. The molecular weight excluding hydrogens is 200 g/mol. The number of furan rings is 1. The fourth-order valence-electron chi connectivity index (χ4n) is 2.25. The molecule has 1 aliphatic rings. The summed E-state index contributed by atoms with van der Waals surface area (Å²) in [4.78, 5) is 2.41. The highest BCUT2D eigenvalue weighted by Crippen LogP contribution is 2.17. The van der Waals surface area contributed by atoms with E-state index in [4.69, 9.17) is 4.42 Å². The third kappa shape index (κ3) is 3.09. The van der Waals surface area contributed by atoms with E-state index in [1.54, 1.807) is 6.26 Å². The number of nitrogens with one attached hydrogen (secondary N) is 1. The predicted octanol–water partition coefficient (Wildman–Crippen LogP) is 2.27. The van der Waals surface area contributed by atoms with E-state index in [1.165, 1.54) is 25.9 Å². The first-order chi connectivity index (χ1) is 7.75. The van der Waals surface area contributed by atoms with Crippen molar-refractivity contribution in [1.29, 1.82) is 0 Å². The van der Waals surface area contributed by atoms with E-state index < -0.39 is 0 Å². The van der Waals surface area contributed by atoms with Gasteiger partial charge in [0.25, 0.3) is 0 Å². The topological polar surface area (TPSA) is 28.4 Å². The summed E-state index contributed by atoms with van der Waals surface area (Å²) in [6.07, 6.45) is 4.37. The Morgan fingerprint density at radius 1 is 1.50 bits per heavy atom. The lowest BCUT2D eigenvalue weighted by molar-refractivity contribution is 0.212. The Bertz CT molecular complexity index is 289. The maximum Gasteiger partial charge on any atom is 0.120 e. The van der Waals surface area contributed by atoms with Gasteiger partial charge in [-0.15, -0.1) is 0 Å². The Kier molecular flexibility index (Phi) is 4.02. The van der Waals surface area contributed by atoms with Gasteiger partial charge in [-0.25, -0.2) is 0 Å². The molecule has 3 heteroatoms. The van der Waals surface area contributed by atoms with Crippen LogP contribution in [-0.2, 0) is 0 Å². The fourth-order valence-corrected chi connectivity index (χ4v) is 2.25. The minimum atomic E-state index is 0.328. The van der Waals surface area contributed by atoms with Crippen LogP contribution in [0.2, 0.25) is 0 Å². The Labute approximate surface area is 97.8 Å². The van der Waals surface area contributed by atoms with Gasteiger partial charge in [0.05, 0.1) is 12.3 Å². The van der Waals surface area contributed by atoms with Crippen molar-refractivity contribution in [1.82, 2.24) is 10.2 Å². The first-order valence-electron chi connectivity index (χ1n) is 6.21. The maximum atomic E-state index is 5.38. The van der Waals surface area contributed by atoms with Crippen molar-refractivity contribution in [3.8, 4) is 0 Å². The smallest absolute Gasteiger partial charge is 0.120 e. The van der Waals surface area contributed by atoms with Crippen LogP contribution in [0.25, 0.3) is 0 Å². The minimum Gasteiger partial charge on any atom is -0.468 e. The van der Waals surface area contributed by atoms with Gasteiger partial charge in [0, 0.05) is 0 Å². The lowest BCUT2D eigenvalue weighted by Crippen LogP contribution is -2.35. The van der Waals surface area contributed by atoms with Crippen LogP contribution in [0.4, 0.5) is 0 Å². The number of hydrogen-bond donors (Lipinski definition) is 1. The molecule has 0 radical (unpaired) electrons. The highest BCUT2D eigenvalue weighted by atomic mass is 16.3. The lowest BCUT2D eigenvalue weighted by Gasteiger charge is -2.29. The van der Waals surface area contributed by atoms with E-state index in [1.807, 2.05) is 12.1 Å². The van der Waals surface area contributed by atoms with Crippen molar-refractivity contribution in [3.05, 3.63) is 24.2 Å². The molecule has 0 aromatic carbocycles. The second kappa shape index (κ2) is 5.51. The van der Waals surface area contributed by atoms with E-state index >= 15 is 0 Å². The standard InChI is InChI=1S/C13H22N2O/c1-11(13-4-3-9-16-13)14-10-12-5-7-15(2)8-6-12/h3-4,9,11-12,14H,5-8,10H2,1-2H3. The molecule has 1 fully saturated rings. The summed E-state index contributed by atoms with van der Waals surface area (Å²) in [5, 5.41) is 3.56. The molecule has 0 bridgehead atoms. The fraction of sp³-hybridized carbons (Fsp3) is 0.692. The SMILES string of the molecule is CC(NCC1CCN(C)CC1)c1ccco1. The molecule has 0 saturated carbocycles. The zero-order valence-corrected chi connectivity index (χ0v) is 10.3. The predicted molar refractivity (Wildman–Crippen MR) is 65.3 cm³/mol. The maximum absolute atomic E-state index is 5.38. The average Bonchev–Trinajstić information content (AvgIpc) is 2.81. The second-order valence-corrected chi connectivity index (χ2v) is 4.89. The summed E-state index contributed by atoms with van der Waals surface area (Å²) < 4.78 is 5.38. The minimum absolute atomic E-state index is 0.328. The summed E-state index contributed by atoms with van der Waals surface area (Å²) in [7, 11) is 2.20. The summed E-state index contributed by atoms with van der Waals surface area (Å²) in [6.45, 7) is 5.74. The third-order valence-electron chi connectivity index (χ3n) is 3.52. The molecule has 1 atom stereocenters. The van der Waals surface area contributed by atoms with Crippen LogP contribution in [0.15, 0.2) is 22.8 Å². The van der Waals surface area contributed by atoms with Crippen molar-refractivity contribution < 1.29 is 4.42 Å². The van der Waals surface area contributed by atoms with Gasteiger partial charge in [0.1, 0.15) is 5.76 Å². The van der Waals surface area contributed by atoms with Crippen LogP contribution >= 0.6 is 0 Å². The van der Waals surface area contributed by atoms with Crippen LogP contribution in [0.3, 0.4) is 0 Å². The molecule has 2 heterocycles. The molecule has 1 aromatic heterocycles. The van der Waals surface area contributed by atoms with Gasteiger partial charge in [0.2, 0.25) is 0 Å². The molecule has 1 unspecified atom stereocenters.